The number of rotatable bonds is 3. The van der Waals surface area contributed by atoms with Crippen LogP contribution in [-0.2, 0) is 6.54 Å². The SMILES string of the molecule is Cc1cc(C)c(CN)c(OC2CC3CCC2(C)C3(C)C)n1. The van der Waals surface area contributed by atoms with Crippen LogP contribution in [0.1, 0.15) is 56.9 Å². The highest BCUT2D eigenvalue weighted by molar-refractivity contribution is 5.36. The average Bonchev–Trinajstić information content (AvgIpc) is 2.71. The third kappa shape index (κ3) is 2.01. The van der Waals surface area contributed by atoms with Gasteiger partial charge in [-0.05, 0) is 56.1 Å². The van der Waals surface area contributed by atoms with Crippen LogP contribution in [0, 0.1) is 30.6 Å². The number of nitrogens with zero attached hydrogens (tertiary/aromatic N) is 1. The molecule has 2 aliphatic carbocycles. The summed E-state index contributed by atoms with van der Waals surface area (Å²) < 4.78 is 6.44. The predicted molar refractivity (Wildman–Crippen MR) is 85.2 cm³/mol. The summed E-state index contributed by atoms with van der Waals surface area (Å²) in [4.78, 5) is 4.63. The molecule has 3 rings (SSSR count). The molecule has 2 N–H and O–H groups in total. The summed E-state index contributed by atoms with van der Waals surface area (Å²) in [5, 5.41) is 0. The molecular formula is C18H28N2O. The minimum atomic E-state index is 0.253. The standard InChI is InChI=1S/C18H28N2O/c1-11-8-12(2)20-16(14(11)10-19)21-15-9-13-6-7-18(15,5)17(13,3)4/h8,13,15H,6-7,9-10,19H2,1-5H3. The van der Waals surface area contributed by atoms with E-state index in [-0.39, 0.29) is 11.5 Å². The molecule has 1 aromatic rings. The van der Waals surface area contributed by atoms with Crippen LogP contribution < -0.4 is 10.5 Å². The second kappa shape index (κ2) is 4.70. The zero-order valence-corrected chi connectivity index (χ0v) is 14.0. The van der Waals surface area contributed by atoms with Gasteiger partial charge in [-0.15, -0.1) is 0 Å². The molecule has 0 radical (unpaired) electrons. The highest BCUT2D eigenvalue weighted by Gasteiger charge is 2.62. The van der Waals surface area contributed by atoms with Crippen molar-refractivity contribution in [3.63, 3.8) is 0 Å². The van der Waals surface area contributed by atoms with Crippen LogP contribution in [0.2, 0.25) is 0 Å². The molecule has 0 spiro atoms. The molecule has 21 heavy (non-hydrogen) atoms. The van der Waals surface area contributed by atoms with Gasteiger partial charge in [-0.3, -0.25) is 0 Å². The monoisotopic (exact) mass is 288 g/mol. The van der Waals surface area contributed by atoms with Crippen molar-refractivity contribution in [1.29, 1.82) is 0 Å². The number of aryl methyl sites for hydroxylation is 2. The zero-order chi connectivity index (χ0) is 15.4. The van der Waals surface area contributed by atoms with Crippen molar-refractivity contribution >= 4 is 0 Å². The number of ether oxygens (including phenoxy) is 1. The van der Waals surface area contributed by atoms with Crippen molar-refractivity contribution in [2.45, 2.75) is 66.5 Å². The van der Waals surface area contributed by atoms with Gasteiger partial charge in [0.1, 0.15) is 6.10 Å². The summed E-state index contributed by atoms with van der Waals surface area (Å²) in [6.45, 7) is 11.8. The lowest BCUT2D eigenvalue weighted by atomic mass is 9.70. The number of pyridine rings is 1. The maximum absolute atomic E-state index is 6.44. The molecule has 0 aromatic carbocycles. The fourth-order valence-corrected chi connectivity index (χ4v) is 4.62. The first kappa shape index (κ1) is 14.8. The van der Waals surface area contributed by atoms with Crippen LogP contribution in [0.3, 0.4) is 0 Å². The Bertz CT molecular complexity index is 567. The Morgan fingerprint density at radius 2 is 2.05 bits per heavy atom. The van der Waals surface area contributed by atoms with Crippen molar-refractivity contribution in [1.82, 2.24) is 4.98 Å². The first-order valence-electron chi connectivity index (χ1n) is 8.13. The number of fused-ring (bicyclic) bond motifs is 2. The lowest BCUT2D eigenvalue weighted by Gasteiger charge is -2.39. The molecule has 3 heteroatoms. The Kier molecular flexibility index (Phi) is 3.32. The minimum Gasteiger partial charge on any atom is -0.473 e. The molecule has 116 valence electrons. The zero-order valence-electron chi connectivity index (χ0n) is 14.0. The third-order valence-corrected chi connectivity index (χ3v) is 6.61. The Labute approximate surface area is 128 Å². The summed E-state index contributed by atoms with van der Waals surface area (Å²) in [5.41, 5.74) is 9.79. The Hall–Kier alpha value is -1.09. The largest absolute Gasteiger partial charge is 0.473 e. The fraction of sp³-hybridized carbons (Fsp3) is 0.722. The minimum absolute atomic E-state index is 0.253. The molecule has 2 saturated carbocycles. The van der Waals surface area contributed by atoms with Gasteiger partial charge in [0.25, 0.3) is 0 Å². The van der Waals surface area contributed by atoms with E-state index in [0.29, 0.717) is 12.0 Å². The van der Waals surface area contributed by atoms with Crippen molar-refractivity contribution in [2.75, 3.05) is 0 Å². The van der Waals surface area contributed by atoms with E-state index in [1.54, 1.807) is 0 Å². The molecule has 3 atom stereocenters. The van der Waals surface area contributed by atoms with Crippen LogP contribution in [0.4, 0.5) is 0 Å². The van der Waals surface area contributed by atoms with Crippen LogP contribution in [0.5, 0.6) is 5.88 Å². The smallest absolute Gasteiger partial charge is 0.218 e. The van der Waals surface area contributed by atoms with Gasteiger partial charge in [-0.25, -0.2) is 4.98 Å². The molecule has 3 unspecified atom stereocenters. The van der Waals surface area contributed by atoms with Gasteiger partial charge in [0.2, 0.25) is 5.88 Å². The average molecular weight is 288 g/mol. The topological polar surface area (TPSA) is 48.1 Å². The second-order valence-corrected chi connectivity index (χ2v) is 7.79. The van der Waals surface area contributed by atoms with E-state index in [1.165, 1.54) is 18.4 Å². The molecular weight excluding hydrogens is 260 g/mol. The summed E-state index contributed by atoms with van der Waals surface area (Å²) in [7, 11) is 0. The van der Waals surface area contributed by atoms with Gasteiger partial charge in [-0.2, -0.15) is 0 Å². The van der Waals surface area contributed by atoms with E-state index in [2.05, 4.69) is 38.7 Å². The summed E-state index contributed by atoms with van der Waals surface area (Å²) in [6, 6.07) is 2.08. The van der Waals surface area contributed by atoms with E-state index < -0.39 is 0 Å². The van der Waals surface area contributed by atoms with E-state index in [1.807, 2.05) is 6.92 Å². The summed E-state index contributed by atoms with van der Waals surface area (Å²) >= 11 is 0. The number of hydrogen-bond donors (Lipinski definition) is 1. The molecule has 0 aliphatic heterocycles. The summed E-state index contributed by atoms with van der Waals surface area (Å²) in [6.07, 6.45) is 4.03. The van der Waals surface area contributed by atoms with E-state index in [4.69, 9.17) is 10.5 Å². The third-order valence-electron chi connectivity index (χ3n) is 6.61. The van der Waals surface area contributed by atoms with Crippen LogP contribution in [-0.4, -0.2) is 11.1 Å². The van der Waals surface area contributed by atoms with Gasteiger partial charge in [0.15, 0.2) is 0 Å². The first-order valence-corrected chi connectivity index (χ1v) is 8.13. The Morgan fingerprint density at radius 1 is 1.33 bits per heavy atom. The normalized spacial score (nSPS) is 33.4. The van der Waals surface area contributed by atoms with Gasteiger partial charge >= 0.3 is 0 Å². The van der Waals surface area contributed by atoms with Gasteiger partial charge in [-0.1, -0.05) is 20.8 Å². The van der Waals surface area contributed by atoms with E-state index in [0.717, 1.165) is 29.5 Å². The highest BCUT2D eigenvalue weighted by atomic mass is 16.5. The molecule has 3 nitrogen and oxygen atoms in total. The molecule has 1 heterocycles. The molecule has 0 amide bonds. The molecule has 2 aliphatic rings. The fourth-order valence-electron chi connectivity index (χ4n) is 4.62. The number of hydrogen-bond acceptors (Lipinski definition) is 3. The van der Waals surface area contributed by atoms with Gasteiger partial charge in [0.05, 0.1) is 0 Å². The maximum Gasteiger partial charge on any atom is 0.218 e. The lowest BCUT2D eigenvalue weighted by Crippen LogP contribution is -2.39. The van der Waals surface area contributed by atoms with Crippen LogP contribution >= 0.6 is 0 Å². The molecule has 2 fully saturated rings. The number of nitrogens with two attached hydrogens (primary N) is 1. The van der Waals surface area contributed by atoms with E-state index in [9.17, 15) is 0 Å². The van der Waals surface area contributed by atoms with Crippen molar-refractivity contribution < 1.29 is 4.74 Å². The molecule has 1 aromatic heterocycles. The summed E-state index contributed by atoms with van der Waals surface area (Å²) in [5.74, 6) is 1.55. The predicted octanol–water partition coefficient (Wildman–Crippen LogP) is 3.75. The van der Waals surface area contributed by atoms with Crippen LogP contribution in [0.25, 0.3) is 0 Å². The molecule has 0 saturated heterocycles. The Morgan fingerprint density at radius 3 is 2.57 bits per heavy atom. The first-order chi connectivity index (χ1) is 9.79. The number of aromatic nitrogens is 1. The van der Waals surface area contributed by atoms with Crippen LogP contribution in [0.15, 0.2) is 6.07 Å². The van der Waals surface area contributed by atoms with Crippen molar-refractivity contribution in [3.8, 4) is 5.88 Å². The van der Waals surface area contributed by atoms with Gasteiger partial charge in [0, 0.05) is 23.2 Å². The van der Waals surface area contributed by atoms with Crippen molar-refractivity contribution in [3.05, 3.63) is 22.9 Å². The van der Waals surface area contributed by atoms with Gasteiger partial charge < -0.3 is 10.5 Å². The van der Waals surface area contributed by atoms with E-state index >= 15 is 0 Å². The maximum atomic E-state index is 6.44. The highest BCUT2D eigenvalue weighted by Crippen LogP contribution is 2.66. The van der Waals surface area contributed by atoms with Crippen molar-refractivity contribution in [2.24, 2.45) is 22.5 Å². The lowest BCUT2D eigenvalue weighted by molar-refractivity contribution is 0.0265. The quantitative estimate of drug-likeness (QED) is 0.921. The Balaban J connectivity index is 1.92. The molecule has 2 bridgehead atoms. The second-order valence-electron chi connectivity index (χ2n) is 7.79.